The first-order valence-corrected chi connectivity index (χ1v) is 9.75. The molecule has 3 aromatic rings. The fraction of sp³-hybridized carbons (Fsp3) is 0.227. The Balaban J connectivity index is 1.28. The highest BCUT2D eigenvalue weighted by molar-refractivity contribution is 5.84. The first-order valence-electron chi connectivity index (χ1n) is 9.75. The van der Waals surface area contributed by atoms with Gasteiger partial charge in [0.1, 0.15) is 18.4 Å². The van der Waals surface area contributed by atoms with E-state index >= 15 is 0 Å². The van der Waals surface area contributed by atoms with Crippen LogP contribution in [-0.4, -0.2) is 32.0 Å². The van der Waals surface area contributed by atoms with E-state index in [0.29, 0.717) is 18.1 Å². The molecule has 0 saturated carbocycles. The largest absolute Gasteiger partial charge is 0.337 e. The maximum Gasteiger partial charge on any atom is 0.251 e. The summed E-state index contributed by atoms with van der Waals surface area (Å²) < 4.78 is 18.6. The average molecular weight is 405 g/mol. The van der Waals surface area contributed by atoms with Crippen molar-refractivity contribution in [3.63, 3.8) is 0 Å². The minimum Gasteiger partial charge on any atom is -0.337 e. The molecule has 1 amide bonds. The normalized spacial score (nSPS) is 20.7. The zero-order chi connectivity index (χ0) is 20.7. The number of hydrogen-bond acceptors (Lipinski definition) is 6. The van der Waals surface area contributed by atoms with Crippen molar-refractivity contribution < 1.29 is 13.7 Å². The SMILES string of the molecule is Cc1ccc(-c2noc(CN3C=CN4NC(c5ccc(F)cc5)CC4C3=O)n2)cc1. The van der Waals surface area contributed by atoms with Gasteiger partial charge in [0.05, 0.1) is 6.04 Å². The zero-order valence-corrected chi connectivity index (χ0v) is 16.3. The second-order valence-corrected chi connectivity index (χ2v) is 7.53. The summed E-state index contributed by atoms with van der Waals surface area (Å²) in [5.74, 6) is 0.544. The van der Waals surface area contributed by atoms with Gasteiger partial charge in [0, 0.05) is 18.0 Å². The van der Waals surface area contributed by atoms with Crippen molar-refractivity contribution >= 4 is 5.91 Å². The van der Waals surface area contributed by atoms with Gasteiger partial charge in [-0.15, -0.1) is 0 Å². The number of aromatic nitrogens is 2. The minimum atomic E-state index is -0.343. The molecule has 2 aliphatic rings. The van der Waals surface area contributed by atoms with Crippen molar-refractivity contribution in [3.8, 4) is 11.4 Å². The lowest BCUT2D eigenvalue weighted by Crippen LogP contribution is -2.47. The van der Waals surface area contributed by atoms with Gasteiger partial charge in [-0.1, -0.05) is 47.1 Å². The molecule has 5 rings (SSSR count). The van der Waals surface area contributed by atoms with Gasteiger partial charge in [0.15, 0.2) is 0 Å². The third-order valence-corrected chi connectivity index (χ3v) is 5.43. The van der Waals surface area contributed by atoms with E-state index in [1.165, 1.54) is 12.1 Å². The lowest BCUT2D eigenvalue weighted by Gasteiger charge is -2.30. The van der Waals surface area contributed by atoms with Gasteiger partial charge in [-0.25, -0.2) is 9.82 Å². The highest BCUT2D eigenvalue weighted by Crippen LogP contribution is 2.31. The van der Waals surface area contributed by atoms with Crippen LogP contribution in [-0.2, 0) is 11.3 Å². The van der Waals surface area contributed by atoms with Crippen LogP contribution >= 0.6 is 0 Å². The summed E-state index contributed by atoms with van der Waals surface area (Å²) in [4.78, 5) is 19.0. The number of aryl methyl sites for hydroxylation is 1. The number of rotatable bonds is 4. The predicted octanol–water partition coefficient (Wildman–Crippen LogP) is 3.32. The number of fused-ring (bicyclic) bond motifs is 1. The monoisotopic (exact) mass is 405 g/mol. The van der Waals surface area contributed by atoms with Crippen LogP contribution in [0.25, 0.3) is 11.4 Å². The first-order chi connectivity index (χ1) is 14.6. The standard InChI is InChI=1S/C22H20FN5O2/c1-14-2-4-16(5-3-14)21-24-20(30-26-21)13-27-10-11-28-19(22(27)29)12-18(25-28)15-6-8-17(23)9-7-15/h2-11,18-19,25H,12-13H2,1H3. The van der Waals surface area contributed by atoms with E-state index in [9.17, 15) is 9.18 Å². The maximum absolute atomic E-state index is 13.2. The van der Waals surface area contributed by atoms with Gasteiger partial charge in [0.2, 0.25) is 11.7 Å². The Bertz CT molecular complexity index is 1090. The van der Waals surface area contributed by atoms with E-state index in [4.69, 9.17) is 4.52 Å². The van der Waals surface area contributed by atoms with Crippen molar-refractivity contribution in [1.82, 2.24) is 25.5 Å². The van der Waals surface area contributed by atoms with Crippen LogP contribution in [0.5, 0.6) is 0 Å². The molecule has 1 aromatic heterocycles. The van der Waals surface area contributed by atoms with Crippen molar-refractivity contribution in [2.45, 2.75) is 32.0 Å². The lowest BCUT2D eigenvalue weighted by atomic mass is 10.0. The minimum absolute atomic E-state index is 0.0512. The molecule has 0 aliphatic carbocycles. The zero-order valence-electron chi connectivity index (χ0n) is 16.3. The molecular formula is C22H20FN5O2. The summed E-state index contributed by atoms with van der Waals surface area (Å²) in [5, 5.41) is 5.83. The van der Waals surface area contributed by atoms with Crippen molar-refractivity contribution in [1.29, 1.82) is 0 Å². The van der Waals surface area contributed by atoms with E-state index < -0.39 is 0 Å². The van der Waals surface area contributed by atoms with Gasteiger partial charge >= 0.3 is 0 Å². The van der Waals surface area contributed by atoms with Crippen LogP contribution in [0.1, 0.15) is 29.5 Å². The fourth-order valence-corrected chi connectivity index (χ4v) is 3.76. The molecule has 1 N–H and O–H groups in total. The Kier molecular flexibility index (Phi) is 4.55. The van der Waals surface area contributed by atoms with Gasteiger partial charge in [-0.2, -0.15) is 4.98 Å². The van der Waals surface area contributed by atoms with Gasteiger partial charge in [-0.05, 0) is 31.0 Å². The Morgan fingerprint density at radius 2 is 1.90 bits per heavy atom. The van der Waals surface area contributed by atoms with Crippen LogP contribution in [0.4, 0.5) is 4.39 Å². The maximum atomic E-state index is 13.2. The molecule has 7 nitrogen and oxygen atoms in total. The Hall–Kier alpha value is -3.52. The second-order valence-electron chi connectivity index (χ2n) is 7.53. The number of hydrazine groups is 1. The van der Waals surface area contributed by atoms with Gasteiger partial charge < -0.3 is 14.4 Å². The second kappa shape index (κ2) is 7.38. The number of carbonyl (C=O) groups is 1. The summed E-state index contributed by atoms with van der Waals surface area (Å²) in [7, 11) is 0. The summed E-state index contributed by atoms with van der Waals surface area (Å²) in [6.07, 6.45) is 4.12. The number of nitrogens with one attached hydrogen (secondary N) is 1. The highest BCUT2D eigenvalue weighted by Gasteiger charge is 2.40. The molecule has 152 valence electrons. The molecule has 0 spiro atoms. The molecule has 2 aliphatic heterocycles. The average Bonchev–Trinajstić information content (AvgIpc) is 3.39. The number of hydrogen-bond donors (Lipinski definition) is 1. The molecule has 0 bridgehead atoms. The lowest BCUT2D eigenvalue weighted by molar-refractivity contribution is -0.135. The third-order valence-electron chi connectivity index (χ3n) is 5.43. The number of nitrogens with zero attached hydrogens (tertiary/aromatic N) is 4. The van der Waals surface area contributed by atoms with E-state index in [-0.39, 0.29) is 30.4 Å². The van der Waals surface area contributed by atoms with Crippen molar-refractivity contribution in [2.24, 2.45) is 0 Å². The van der Waals surface area contributed by atoms with Crippen molar-refractivity contribution in [2.75, 3.05) is 0 Å². The van der Waals surface area contributed by atoms with Crippen LogP contribution < -0.4 is 5.43 Å². The molecule has 2 atom stereocenters. The quantitative estimate of drug-likeness (QED) is 0.718. The fourth-order valence-electron chi connectivity index (χ4n) is 3.76. The molecule has 1 saturated heterocycles. The molecule has 1 fully saturated rings. The molecule has 30 heavy (non-hydrogen) atoms. The van der Waals surface area contributed by atoms with Gasteiger partial charge in [-0.3, -0.25) is 4.79 Å². The topological polar surface area (TPSA) is 74.5 Å². The summed E-state index contributed by atoms with van der Waals surface area (Å²) in [6.45, 7) is 2.22. The molecule has 2 unspecified atom stereocenters. The number of benzene rings is 2. The number of halogens is 1. The van der Waals surface area contributed by atoms with E-state index in [1.54, 1.807) is 28.2 Å². The van der Waals surface area contributed by atoms with Crippen LogP contribution in [0.2, 0.25) is 0 Å². The van der Waals surface area contributed by atoms with Crippen molar-refractivity contribution in [3.05, 3.63) is 83.8 Å². The molecular weight excluding hydrogens is 385 g/mol. The Morgan fingerprint density at radius 3 is 2.67 bits per heavy atom. The molecule has 3 heterocycles. The van der Waals surface area contributed by atoms with Crippen LogP contribution in [0, 0.1) is 12.7 Å². The smallest absolute Gasteiger partial charge is 0.251 e. The van der Waals surface area contributed by atoms with E-state index in [0.717, 1.165) is 16.7 Å². The summed E-state index contributed by atoms with van der Waals surface area (Å²) in [5.41, 5.74) is 6.26. The Morgan fingerprint density at radius 1 is 1.13 bits per heavy atom. The van der Waals surface area contributed by atoms with E-state index in [1.807, 2.05) is 37.4 Å². The number of amides is 1. The number of carbonyl (C=O) groups excluding carboxylic acids is 1. The van der Waals surface area contributed by atoms with Crippen LogP contribution in [0.3, 0.4) is 0 Å². The molecule has 2 aromatic carbocycles. The summed E-state index contributed by atoms with van der Waals surface area (Å²) >= 11 is 0. The molecule has 8 heteroatoms. The van der Waals surface area contributed by atoms with E-state index in [2.05, 4.69) is 15.6 Å². The first kappa shape index (κ1) is 18.5. The summed E-state index contributed by atoms with van der Waals surface area (Å²) in [6, 6.07) is 13.8. The van der Waals surface area contributed by atoms with Gasteiger partial charge in [0.25, 0.3) is 5.91 Å². The third kappa shape index (κ3) is 3.46. The highest BCUT2D eigenvalue weighted by atomic mass is 19.1. The predicted molar refractivity (Wildman–Crippen MR) is 107 cm³/mol. The van der Waals surface area contributed by atoms with Crippen LogP contribution in [0.15, 0.2) is 65.5 Å². The molecule has 0 radical (unpaired) electrons. The Labute approximate surface area is 172 Å².